The molecule has 20 heavy (non-hydrogen) atoms. The highest BCUT2D eigenvalue weighted by Gasteiger charge is 2.43. The van der Waals surface area contributed by atoms with Crippen molar-refractivity contribution >= 4 is 5.78 Å². The van der Waals surface area contributed by atoms with Crippen molar-refractivity contribution in [2.24, 2.45) is 5.92 Å². The third kappa shape index (κ3) is 2.06. The van der Waals surface area contributed by atoms with Gasteiger partial charge in [-0.2, -0.15) is 0 Å². The van der Waals surface area contributed by atoms with Gasteiger partial charge in [0.25, 0.3) is 0 Å². The van der Waals surface area contributed by atoms with E-state index in [0.29, 0.717) is 5.56 Å². The average Bonchev–Trinajstić information content (AvgIpc) is 3.19. The fraction of sp³-hybridized carbons (Fsp3) is 0.375. The SMILES string of the molecule is O=C(C1CCCC1)C(O)(c1ccccc1)n1ccnc1. The minimum atomic E-state index is -1.65. The van der Waals surface area contributed by atoms with Crippen LogP contribution in [0.5, 0.6) is 0 Å². The zero-order chi connectivity index (χ0) is 14.0. The Morgan fingerprint density at radius 2 is 1.95 bits per heavy atom. The van der Waals surface area contributed by atoms with Gasteiger partial charge in [0.05, 0.1) is 6.33 Å². The van der Waals surface area contributed by atoms with E-state index >= 15 is 0 Å². The summed E-state index contributed by atoms with van der Waals surface area (Å²) in [4.78, 5) is 16.8. The zero-order valence-corrected chi connectivity index (χ0v) is 11.3. The predicted molar refractivity (Wildman–Crippen MR) is 74.9 cm³/mol. The molecule has 1 aromatic heterocycles. The monoisotopic (exact) mass is 270 g/mol. The summed E-state index contributed by atoms with van der Waals surface area (Å²) in [5.74, 6) is -0.193. The number of benzene rings is 1. The van der Waals surface area contributed by atoms with Crippen LogP contribution < -0.4 is 0 Å². The number of imidazole rings is 1. The maximum atomic E-state index is 12.9. The van der Waals surface area contributed by atoms with Gasteiger partial charge in [-0.3, -0.25) is 9.36 Å². The van der Waals surface area contributed by atoms with Gasteiger partial charge in [-0.15, -0.1) is 0 Å². The first-order valence-corrected chi connectivity index (χ1v) is 7.03. The molecule has 104 valence electrons. The van der Waals surface area contributed by atoms with Gasteiger partial charge in [0.1, 0.15) is 0 Å². The molecule has 4 nitrogen and oxygen atoms in total. The Hall–Kier alpha value is -1.94. The van der Waals surface area contributed by atoms with E-state index in [4.69, 9.17) is 0 Å². The number of ketones is 1. The van der Waals surface area contributed by atoms with E-state index in [2.05, 4.69) is 4.98 Å². The summed E-state index contributed by atoms with van der Waals surface area (Å²) in [5.41, 5.74) is -1.05. The first-order valence-electron chi connectivity index (χ1n) is 7.03. The van der Waals surface area contributed by atoms with Gasteiger partial charge in [-0.25, -0.2) is 4.98 Å². The van der Waals surface area contributed by atoms with Crippen LogP contribution >= 0.6 is 0 Å². The second kappa shape index (κ2) is 5.21. The van der Waals surface area contributed by atoms with Crippen molar-refractivity contribution in [3.8, 4) is 0 Å². The molecule has 0 bridgehead atoms. The van der Waals surface area contributed by atoms with Crippen LogP contribution in [0.2, 0.25) is 0 Å². The first kappa shape index (κ1) is 13.1. The Kier molecular flexibility index (Phi) is 3.40. The van der Waals surface area contributed by atoms with Crippen molar-refractivity contribution in [1.29, 1.82) is 0 Å². The topological polar surface area (TPSA) is 55.1 Å². The number of aromatic nitrogens is 2. The maximum Gasteiger partial charge on any atom is 0.230 e. The Morgan fingerprint density at radius 1 is 1.25 bits per heavy atom. The van der Waals surface area contributed by atoms with Crippen LogP contribution in [0.25, 0.3) is 0 Å². The summed E-state index contributed by atoms with van der Waals surface area (Å²) in [6, 6.07) is 9.11. The van der Waals surface area contributed by atoms with Gasteiger partial charge in [-0.05, 0) is 12.8 Å². The second-order valence-corrected chi connectivity index (χ2v) is 5.35. The van der Waals surface area contributed by atoms with E-state index < -0.39 is 5.72 Å². The fourth-order valence-corrected chi connectivity index (χ4v) is 3.01. The molecular weight excluding hydrogens is 252 g/mol. The molecule has 1 heterocycles. The Balaban J connectivity index is 2.06. The van der Waals surface area contributed by atoms with Crippen molar-refractivity contribution in [3.63, 3.8) is 0 Å². The number of aliphatic hydroxyl groups is 1. The molecule has 1 N–H and O–H groups in total. The minimum absolute atomic E-state index is 0.0670. The molecule has 0 radical (unpaired) electrons. The number of carbonyl (C=O) groups excluding carboxylic acids is 1. The molecule has 0 amide bonds. The molecule has 1 fully saturated rings. The van der Waals surface area contributed by atoms with Crippen LogP contribution in [0.3, 0.4) is 0 Å². The maximum absolute atomic E-state index is 12.9. The van der Waals surface area contributed by atoms with E-state index in [0.717, 1.165) is 25.7 Å². The largest absolute Gasteiger partial charge is 0.361 e. The number of rotatable bonds is 4. The highest BCUT2D eigenvalue weighted by molar-refractivity contribution is 5.90. The highest BCUT2D eigenvalue weighted by atomic mass is 16.3. The number of nitrogens with zero attached hydrogens (tertiary/aromatic N) is 2. The lowest BCUT2D eigenvalue weighted by Gasteiger charge is -2.30. The predicted octanol–water partition coefficient (Wildman–Crippen LogP) is 2.34. The molecule has 1 atom stereocenters. The molecule has 1 aliphatic carbocycles. The molecule has 1 saturated carbocycles. The lowest BCUT2D eigenvalue weighted by atomic mass is 9.88. The molecule has 2 aromatic rings. The summed E-state index contributed by atoms with van der Waals surface area (Å²) in [6.07, 6.45) is 8.57. The summed E-state index contributed by atoms with van der Waals surface area (Å²) in [5, 5.41) is 11.1. The van der Waals surface area contributed by atoms with Crippen LogP contribution in [0.1, 0.15) is 31.2 Å². The smallest absolute Gasteiger partial charge is 0.230 e. The first-order chi connectivity index (χ1) is 9.73. The van der Waals surface area contributed by atoms with Crippen molar-refractivity contribution in [2.75, 3.05) is 0 Å². The lowest BCUT2D eigenvalue weighted by molar-refractivity contribution is -0.146. The van der Waals surface area contributed by atoms with Gasteiger partial charge < -0.3 is 5.11 Å². The van der Waals surface area contributed by atoms with Crippen molar-refractivity contribution in [1.82, 2.24) is 9.55 Å². The highest BCUT2D eigenvalue weighted by Crippen LogP contribution is 2.34. The molecule has 0 aliphatic heterocycles. The Bertz CT molecular complexity index is 574. The van der Waals surface area contributed by atoms with Crippen LogP contribution in [0.15, 0.2) is 49.1 Å². The molecule has 1 unspecified atom stereocenters. The average molecular weight is 270 g/mol. The van der Waals surface area contributed by atoms with Crippen LogP contribution in [-0.4, -0.2) is 20.4 Å². The Labute approximate surface area is 118 Å². The van der Waals surface area contributed by atoms with Crippen molar-refractivity contribution < 1.29 is 9.90 Å². The zero-order valence-electron chi connectivity index (χ0n) is 11.3. The van der Waals surface area contributed by atoms with E-state index in [1.807, 2.05) is 18.2 Å². The third-order valence-corrected chi connectivity index (χ3v) is 4.12. The normalized spacial score (nSPS) is 18.9. The van der Waals surface area contributed by atoms with E-state index in [1.54, 1.807) is 24.5 Å². The van der Waals surface area contributed by atoms with Gasteiger partial charge in [0.2, 0.25) is 5.72 Å². The van der Waals surface area contributed by atoms with Gasteiger partial charge >= 0.3 is 0 Å². The quantitative estimate of drug-likeness (QED) is 0.927. The van der Waals surface area contributed by atoms with Crippen LogP contribution in [-0.2, 0) is 10.5 Å². The van der Waals surface area contributed by atoms with Gasteiger partial charge in [0, 0.05) is 23.9 Å². The lowest BCUT2D eigenvalue weighted by Crippen LogP contribution is -2.45. The number of hydrogen-bond acceptors (Lipinski definition) is 3. The van der Waals surface area contributed by atoms with E-state index in [-0.39, 0.29) is 11.7 Å². The van der Waals surface area contributed by atoms with Crippen LogP contribution in [0, 0.1) is 5.92 Å². The standard InChI is InChI=1S/C16H18N2O2/c19-15(13-6-4-5-7-13)16(20,18-11-10-17-12-18)14-8-2-1-3-9-14/h1-3,8-13,20H,4-7H2. The van der Waals surface area contributed by atoms with Crippen molar-refractivity contribution in [3.05, 3.63) is 54.6 Å². The van der Waals surface area contributed by atoms with E-state index in [1.165, 1.54) is 10.9 Å². The summed E-state index contributed by atoms with van der Waals surface area (Å²) >= 11 is 0. The van der Waals surface area contributed by atoms with Crippen molar-refractivity contribution in [2.45, 2.75) is 31.4 Å². The second-order valence-electron chi connectivity index (χ2n) is 5.35. The fourth-order valence-electron chi connectivity index (χ4n) is 3.01. The number of hydrogen-bond donors (Lipinski definition) is 1. The van der Waals surface area contributed by atoms with Gasteiger partial charge in [0.15, 0.2) is 5.78 Å². The molecule has 1 aliphatic rings. The van der Waals surface area contributed by atoms with Crippen LogP contribution in [0.4, 0.5) is 0 Å². The third-order valence-electron chi connectivity index (χ3n) is 4.12. The minimum Gasteiger partial charge on any atom is -0.361 e. The van der Waals surface area contributed by atoms with E-state index in [9.17, 15) is 9.90 Å². The molecular formula is C16H18N2O2. The summed E-state index contributed by atoms with van der Waals surface area (Å²) in [7, 11) is 0. The summed E-state index contributed by atoms with van der Waals surface area (Å²) in [6.45, 7) is 0. The Morgan fingerprint density at radius 3 is 2.55 bits per heavy atom. The molecule has 1 aromatic carbocycles. The molecule has 4 heteroatoms. The molecule has 0 spiro atoms. The van der Waals surface area contributed by atoms with Gasteiger partial charge in [-0.1, -0.05) is 43.2 Å². The number of carbonyl (C=O) groups is 1. The summed E-state index contributed by atoms with van der Waals surface area (Å²) < 4.78 is 1.50. The molecule has 0 saturated heterocycles. The molecule has 3 rings (SSSR count). The number of Topliss-reactive ketones (excluding diaryl/α,β-unsaturated/α-hetero) is 1.